The van der Waals surface area contributed by atoms with Crippen LogP contribution >= 0.6 is 0 Å². The molecule has 3 nitrogen and oxygen atoms in total. The Hall–Kier alpha value is -0.900. The molecule has 0 bridgehead atoms. The largest absolute Gasteiger partial charge is 0.378 e. The summed E-state index contributed by atoms with van der Waals surface area (Å²) in [6, 6.07) is 11.5. The summed E-state index contributed by atoms with van der Waals surface area (Å²) in [4.78, 5) is 2.38. The molecule has 2 rings (SSSR count). The average molecular weight is 234 g/mol. The molecule has 0 radical (unpaired) electrons. The fourth-order valence-electron chi connectivity index (χ4n) is 2.23. The van der Waals surface area contributed by atoms with Crippen LogP contribution in [0, 0.1) is 0 Å². The molecule has 0 aliphatic carbocycles. The van der Waals surface area contributed by atoms with Gasteiger partial charge in [0.2, 0.25) is 0 Å². The molecule has 17 heavy (non-hydrogen) atoms. The van der Waals surface area contributed by atoms with E-state index in [1.165, 1.54) is 5.56 Å². The number of nitrogens with zero attached hydrogens (tertiary/aromatic N) is 1. The molecule has 2 unspecified atom stereocenters. The van der Waals surface area contributed by atoms with Crippen LogP contribution in [0.1, 0.15) is 18.5 Å². The maximum atomic E-state index is 5.48. The second kappa shape index (κ2) is 6.15. The van der Waals surface area contributed by atoms with E-state index < -0.39 is 0 Å². The molecular formula is C14H22N2O. The van der Waals surface area contributed by atoms with E-state index in [9.17, 15) is 0 Å². The number of benzene rings is 1. The summed E-state index contributed by atoms with van der Waals surface area (Å²) in [5, 5.41) is 3.49. The van der Waals surface area contributed by atoms with Crippen LogP contribution in [0.3, 0.4) is 0 Å². The predicted molar refractivity (Wildman–Crippen MR) is 70.1 cm³/mol. The molecule has 1 aromatic rings. The lowest BCUT2D eigenvalue weighted by Crippen LogP contribution is -2.48. The van der Waals surface area contributed by atoms with Crippen LogP contribution in [-0.2, 0) is 4.74 Å². The first-order valence-electron chi connectivity index (χ1n) is 6.33. The van der Waals surface area contributed by atoms with E-state index in [1.54, 1.807) is 0 Å². The lowest BCUT2D eigenvalue weighted by Gasteiger charge is -2.31. The van der Waals surface area contributed by atoms with Gasteiger partial charge >= 0.3 is 0 Å². The molecule has 0 amide bonds. The summed E-state index contributed by atoms with van der Waals surface area (Å²) < 4.78 is 5.48. The quantitative estimate of drug-likeness (QED) is 0.857. The topological polar surface area (TPSA) is 24.5 Å². The van der Waals surface area contributed by atoms with Gasteiger partial charge in [-0.05, 0) is 19.5 Å². The number of nitrogens with one attached hydrogen (secondary N) is 1. The van der Waals surface area contributed by atoms with E-state index in [2.05, 4.69) is 54.5 Å². The van der Waals surface area contributed by atoms with Gasteiger partial charge < -0.3 is 10.1 Å². The van der Waals surface area contributed by atoms with Crippen LogP contribution in [0.5, 0.6) is 0 Å². The van der Waals surface area contributed by atoms with Crippen LogP contribution in [0.15, 0.2) is 30.3 Å². The third-order valence-corrected chi connectivity index (χ3v) is 3.45. The minimum absolute atomic E-state index is 0.444. The first-order chi connectivity index (χ1) is 8.27. The summed E-state index contributed by atoms with van der Waals surface area (Å²) in [5.41, 5.74) is 1.37. The van der Waals surface area contributed by atoms with Crippen molar-refractivity contribution >= 4 is 0 Å². The molecule has 1 aliphatic rings. The highest BCUT2D eigenvalue weighted by molar-refractivity contribution is 5.18. The van der Waals surface area contributed by atoms with Crippen LogP contribution < -0.4 is 5.32 Å². The van der Waals surface area contributed by atoms with E-state index in [0.29, 0.717) is 12.1 Å². The first-order valence-corrected chi connectivity index (χ1v) is 6.33. The SMILES string of the molecule is CC(c1ccccc1)N(C)CC1COCCN1. The number of hydrogen-bond acceptors (Lipinski definition) is 3. The van der Waals surface area contributed by atoms with Gasteiger partial charge in [0.25, 0.3) is 0 Å². The molecule has 1 fully saturated rings. The Bertz CT molecular complexity index is 322. The summed E-state index contributed by atoms with van der Waals surface area (Å²) in [5.74, 6) is 0. The van der Waals surface area contributed by atoms with Gasteiger partial charge in [0.05, 0.1) is 13.2 Å². The molecule has 1 N–H and O–H groups in total. The van der Waals surface area contributed by atoms with E-state index in [1.807, 2.05) is 0 Å². The Kier molecular flexibility index (Phi) is 4.54. The van der Waals surface area contributed by atoms with Gasteiger partial charge in [-0.3, -0.25) is 4.90 Å². The van der Waals surface area contributed by atoms with Crippen molar-refractivity contribution in [3.8, 4) is 0 Å². The highest BCUT2D eigenvalue weighted by Gasteiger charge is 2.18. The van der Waals surface area contributed by atoms with Gasteiger partial charge in [-0.25, -0.2) is 0 Å². The number of hydrogen-bond donors (Lipinski definition) is 1. The summed E-state index contributed by atoms with van der Waals surface area (Å²) in [6.45, 7) is 5.91. The minimum Gasteiger partial charge on any atom is -0.378 e. The molecule has 0 aromatic heterocycles. The van der Waals surface area contributed by atoms with Gasteiger partial charge in [-0.2, -0.15) is 0 Å². The number of morpholine rings is 1. The number of ether oxygens (including phenoxy) is 1. The monoisotopic (exact) mass is 234 g/mol. The maximum Gasteiger partial charge on any atom is 0.0632 e. The Labute approximate surface area is 104 Å². The van der Waals surface area contributed by atoms with E-state index in [-0.39, 0.29) is 0 Å². The Balaban J connectivity index is 1.88. The van der Waals surface area contributed by atoms with Crippen molar-refractivity contribution in [2.24, 2.45) is 0 Å². The van der Waals surface area contributed by atoms with Crippen molar-refractivity contribution in [2.45, 2.75) is 19.0 Å². The second-order valence-electron chi connectivity index (χ2n) is 4.75. The Morgan fingerprint density at radius 2 is 2.18 bits per heavy atom. The summed E-state index contributed by atoms with van der Waals surface area (Å²) in [6.07, 6.45) is 0. The van der Waals surface area contributed by atoms with Gasteiger partial charge in [-0.15, -0.1) is 0 Å². The van der Waals surface area contributed by atoms with Crippen LogP contribution in [0.25, 0.3) is 0 Å². The number of rotatable bonds is 4. The predicted octanol–water partition coefficient (Wildman–Crippen LogP) is 1.67. The van der Waals surface area contributed by atoms with Crippen LogP contribution in [0.2, 0.25) is 0 Å². The molecule has 1 aromatic carbocycles. The van der Waals surface area contributed by atoms with Gasteiger partial charge in [0, 0.05) is 25.2 Å². The first kappa shape index (κ1) is 12.6. The van der Waals surface area contributed by atoms with Crippen molar-refractivity contribution in [2.75, 3.05) is 33.4 Å². The molecule has 1 aliphatic heterocycles. The Morgan fingerprint density at radius 1 is 1.41 bits per heavy atom. The van der Waals surface area contributed by atoms with E-state index in [0.717, 1.165) is 26.3 Å². The van der Waals surface area contributed by atoms with Crippen LogP contribution in [-0.4, -0.2) is 44.3 Å². The van der Waals surface area contributed by atoms with Crippen molar-refractivity contribution < 1.29 is 4.74 Å². The normalized spacial score (nSPS) is 22.6. The lowest BCUT2D eigenvalue weighted by molar-refractivity contribution is 0.0605. The molecular weight excluding hydrogens is 212 g/mol. The lowest BCUT2D eigenvalue weighted by atomic mass is 10.1. The average Bonchev–Trinajstić information content (AvgIpc) is 2.40. The summed E-state index contributed by atoms with van der Waals surface area (Å²) >= 11 is 0. The zero-order valence-electron chi connectivity index (χ0n) is 10.7. The molecule has 2 atom stereocenters. The Morgan fingerprint density at radius 3 is 2.82 bits per heavy atom. The molecule has 0 saturated carbocycles. The van der Waals surface area contributed by atoms with E-state index in [4.69, 9.17) is 4.74 Å². The fraction of sp³-hybridized carbons (Fsp3) is 0.571. The molecule has 0 spiro atoms. The smallest absolute Gasteiger partial charge is 0.0632 e. The standard InChI is InChI=1S/C14H22N2O/c1-12(13-6-4-3-5-7-13)16(2)10-14-11-17-9-8-15-14/h3-7,12,14-15H,8-11H2,1-2H3. The van der Waals surface area contributed by atoms with Crippen molar-refractivity contribution in [1.29, 1.82) is 0 Å². The third-order valence-electron chi connectivity index (χ3n) is 3.45. The molecule has 1 saturated heterocycles. The second-order valence-corrected chi connectivity index (χ2v) is 4.75. The van der Waals surface area contributed by atoms with E-state index >= 15 is 0 Å². The highest BCUT2D eigenvalue weighted by atomic mass is 16.5. The summed E-state index contributed by atoms with van der Waals surface area (Å²) in [7, 11) is 2.17. The number of likely N-dealkylation sites (N-methyl/N-ethyl adjacent to an activating group) is 1. The maximum absolute atomic E-state index is 5.48. The van der Waals surface area contributed by atoms with Gasteiger partial charge in [0.1, 0.15) is 0 Å². The molecule has 94 valence electrons. The zero-order chi connectivity index (χ0) is 12.1. The van der Waals surface area contributed by atoms with Gasteiger partial charge in [-0.1, -0.05) is 30.3 Å². The zero-order valence-corrected chi connectivity index (χ0v) is 10.7. The van der Waals surface area contributed by atoms with Crippen molar-refractivity contribution in [1.82, 2.24) is 10.2 Å². The van der Waals surface area contributed by atoms with Crippen molar-refractivity contribution in [3.63, 3.8) is 0 Å². The minimum atomic E-state index is 0.444. The van der Waals surface area contributed by atoms with Crippen LogP contribution in [0.4, 0.5) is 0 Å². The molecule has 1 heterocycles. The highest BCUT2D eigenvalue weighted by Crippen LogP contribution is 2.18. The van der Waals surface area contributed by atoms with Gasteiger partial charge in [0.15, 0.2) is 0 Å². The fourth-order valence-corrected chi connectivity index (χ4v) is 2.23. The van der Waals surface area contributed by atoms with Crippen molar-refractivity contribution in [3.05, 3.63) is 35.9 Å². The molecule has 3 heteroatoms. The third kappa shape index (κ3) is 3.53.